The van der Waals surface area contributed by atoms with Crippen LogP contribution in [0.15, 0.2) is 52.1 Å². The van der Waals surface area contributed by atoms with E-state index < -0.39 is 5.25 Å². The zero-order valence-electron chi connectivity index (χ0n) is 14.6. The van der Waals surface area contributed by atoms with Crippen molar-refractivity contribution in [2.75, 3.05) is 5.32 Å². The average Bonchev–Trinajstić information content (AvgIpc) is 3.06. The number of halogens is 1. The molecule has 1 aromatic heterocycles. The molecule has 5 nitrogen and oxygen atoms in total. The maximum absolute atomic E-state index is 13.0. The molecular weight excluding hydrogens is 353 g/mol. The van der Waals surface area contributed by atoms with Crippen LogP contribution in [-0.4, -0.2) is 21.4 Å². The first-order valence-corrected chi connectivity index (χ1v) is 8.94. The van der Waals surface area contributed by atoms with Gasteiger partial charge in [-0.05, 0) is 56.7 Å². The molecule has 3 rings (SSSR count). The Labute approximate surface area is 155 Å². The van der Waals surface area contributed by atoms with E-state index in [-0.39, 0.29) is 22.8 Å². The Balaban J connectivity index is 1.65. The third-order valence-corrected chi connectivity index (χ3v) is 4.72. The summed E-state index contributed by atoms with van der Waals surface area (Å²) in [5, 5.41) is 10.7. The zero-order valence-corrected chi connectivity index (χ0v) is 15.4. The lowest BCUT2D eigenvalue weighted by molar-refractivity contribution is -0.115. The summed E-state index contributed by atoms with van der Waals surface area (Å²) >= 11 is 1.17. The van der Waals surface area contributed by atoms with Gasteiger partial charge in [-0.3, -0.25) is 4.79 Å². The van der Waals surface area contributed by atoms with E-state index in [2.05, 4.69) is 15.5 Å². The highest BCUT2D eigenvalue weighted by atomic mass is 32.2. The minimum atomic E-state index is -0.419. The Morgan fingerprint density at radius 2 is 1.88 bits per heavy atom. The monoisotopic (exact) mass is 371 g/mol. The fourth-order valence-electron chi connectivity index (χ4n) is 2.36. The van der Waals surface area contributed by atoms with E-state index in [1.165, 1.54) is 23.9 Å². The van der Waals surface area contributed by atoms with Crippen LogP contribution in [0.4, 0.5) is 10.1 Å². The molecule has 0 unspecified atom stereocenters. The highest BCUT2D eigenvalue weighted by Gasteiger charge is 2.19. The number of rotatable bonds is 5. The maximum Gasteiger partial charge on any atom is 0.277 e. The Hall–Kier alpha value is -2.67. The predicted molar refractivity (Wildman–Crippen MR) is 99.6 cm³/mol. The van der Waals surface area contributed by atoms with Gasteiger partial charge in [-0.2, -0.15) is 0 Å². The van der Waals surface area contributed by atoms with Gasteiger partial charge < -0.3 is 9.73 Å². The third kappa shape index (κ3) is 4.29. The van der Waals surface area contributed by atoms with Crippen LogP contribution in [-0.2, 0) is 4.79 Å². The van der Waals surface area contributed by atoms with E-state index in [1.54, 1.807) is 19.1 Å². The van der Waals surface area contributed by atoms with Gasteiger partial charge in [0.1, 0.15) is 5.82 Å². The highest BCUT2D eigenvalue weighted by Crippen LogP contribution is 2.27. The summed E-state index contributed by atoms with van der Waals surface area (Å²) in [6.07, 6.45) is 0. The molecule has 0 saturated heterocycles. The predicted octanol–water partition coefficient (Wildman–Crippen LogP) is 4.61. The fraction of sp³-hybridized carbons (Fsp3) is 0.211. The van der Waals surface area contributed by atoms with Crippen molar-refractivity contribution in [3.8, 4) is 11.5 Å². The molecule has 0 aliphatic heterocycles. The summed E-state index contributed by atoms with van der Waals surface area (Å²) in [4.78, 5) is 12.4. The van der Waals surface area contributed by atoms with Gasteiger partial charge in [0.25, 0.3) is 5.22 Å². The molecule has 0 bridgehead atoms. The first-order chi connectivity index (χ1) is 12.4. The molecule has 0 aliphatic carbocycles. The van der Waals surface area contributed by atoms with Crippen LogP contribution in [0, 0.1) is 19.7 Å². The highest BCUT2D eigenvalue weighted by molar-refractivity contribution is 8.00. The van der Waals surface area contributed by atoms with E-state index in [1.807, 2.05) is 32.0 Å². The molecule has 1 N–H and O–H groups in total. The molecule has 1 amide bonds. The number of amides is 1. The number of hydrogen-bond donors (Lipinski definition) is 1. The Kier molecular flexibility index (Phi) is 5.37. The van der Waals surface area contributed by atoms with Gasteiger partial charge in [-0.15, -0.1) is 10.2 Å². The number of anilines is 1. The largest absolute Gasteiger partial charge is 0.411 e. The number of benzene rings is 2. The fourth-order valence-corrected chi connectivity index (χ4v) is 3.04. The van der Waals surface area contributed by atoms with Gasteiger partial charge >= 0.3 is 0 Å². The lowest BCUT2D eigenvalue weighted by atomic mass is 10.1. The van der Waals surface area contributed by atoms with E-state index >= 15 is 0 Å². The zero-order chi connectivity index (χ0) is 18.7. The SMILES string of the molecule is Cc1ccc(NC(=O)[C@H](C)Sc2nnc(-c3ccc(F)cc3)o2)c(C)c1. The Bertz CT molecular complexity index is 925. The molecule has 0 aliphatic rings. The van der Waals surface area contributed by atoms with Crippen LogP contribution in [0.1, 0.15) is 18.1 Å². The molecule has 26 heavy (non-hydrogen) atoms. The van der Waals surface area contributed by atoms with Crippen molar-refractivity contribution >= 4 is 23.4 Å². The van der Waals surface area contributed by atoms with Crippen molar-refractivity contribution in [1.82, 2.24) is 10.2 Å². The van der Waals surface area contributed by atoms with Crippen LogP contribution in [0.3, 0.4) is 0 Å². The lowest BCUT2D eigenvalue weighted by Crippen LogP contribution is -2.22. The second-order valence-electron chi connectivity index (χ2n) is 5.95. The van der Waals surface area contributed by atoms with Crippen molar-refractivity contribution in [3.63, 3.8) is 0 Å². The minimum Gasteiger partial charge on any atom is -0.411 e. The van der Waals surface area contributed by atoms with Crippen LogP contribution in [0.5, 0.6) is 0 Å². The summed E-state index contributed by atoms with van der Waals surface area (Å²) < 4.78 is 18.5. The average molecular weight is 371 g/mol. The van der Waals surface area contributed by atoms with E-state index in [9.17, 15) is 9.18 Å². The van der Waals surface area contributed by atoms with E-state index in [4.69, 9.17) is 4.42 Å². The summed E-state index contributed by atoms with van der Waals surface area (Å²) in [7, 11) is 0. The van der Waals surface area contributed by atoms with Gasteiger partial charge in [0.15, 0.2) is 0 Å². The Morgan fingerprint density at radius 1 is 1.15 bits per heavy atom. The summed E-state index contributed by atoms with van der Waals surface area (Å²) in [6, 6.07) is 11.6. The van der Waals surface area contributed by atoms with Crippen LogP contribution in [0.25, 0.3) is 11.5 Å². The molecule has 0 fully saturated rings. The van der Waals surface area contributed by atoms with Gasteiger partial charge in [0.05, 0.1) is 5.25 Å². The third-order valence-electron chi connectivity index (χ3n) is 3.78. The molecule has 2 aromatic carbocycles. The number of aromatic nitrogens is 2. The molecule has 0 spiro atoms. The van der Waals surface area contributed by atoms with Crippen LogP contribution in [0.2, 0.25) is 0 Å². The number of nitrogens with zero attached hydrogens (tertiary/aromatic N) is 2. The smallest absolute Gasteiger partial charge is 0.277 e. The topological polar surface area (TPSA) is 68.0 Å². The number of nitrogens with one attached hydrogen (secondary N) is 1. The van der Waals surface area contributed by atoms with Gasteiger partial charge in [0, 0.05) is 11.3 Å². The van der Waals surface area contributed by atoms with Crippen LogP contribution < -0.4 is 5.32 Å². The van der Waals surface area contributed by atoms with Gasteiger partial charge in [-0.1, -0.05) is 29.5 Å². The molecule has 0 radical (unpaired) electrons. The van der Waals surface area contributed by atoms with Crippen molar-refractivity contribution in [2.45, 2.75) is 31.2 Å². The van der Waals surface area contributed by atoms with Crippen molar-refractivity contribution < 1.29 is 13.6 Å². The number of hydrogen-bond acceptors (Lipinski definition) is 5. The lowest BCUT2D eigenvalue weighted by Gasteiger charge is -2.12. The quantitative estimate of drug-likeness (QED) is 0.663. The molecule has 3 aromatic rings. The van der Waals surface area contributed by atoms with Crippen LogP contribution >= 0.6 is 11.8 Å². The number of carbonyl (C=O) groups is 1. The molecule has 134 valence electrons. The van der Waals surface area contributed by atoms with Crippen molar-refractivity contribution in [3.05, 3.63) is 59.4 Å². The number of thioether (sulfide) groups is 1. The molecule has 7 heteroatoms. The van der Waals surface area contributed by atoms with E-state index in [0.29, 0.717) is 5.56 Å². The summed E-state index contributed by atoms with van der Waals surface area (Å²) in [5.41, 5.74) is 3.55. The van der Waals surface area contributed by atoms with E-state index in [0.717, 1.165) is 16.8 Å². The van der Waals surface area contributed by atoms with Crippen molar-refractivity contribution in [1.29, 1.82) is 0 Å². The number of aryl methyl sites for hydroxylation is 2. The molecular formula is C19H18FN3O2S. The van der Waals surface area contributed by atoms with Crippen molar-refractivity contribution in [2.24, 2.45) is 0 Å². The normalized spacial score (nSPS) is 12.0. The standard InChI is InChI=1S/C19H18FN3O2S/c1-11-4-9-16(12(2)10-11)21-17(24)13(3)26-19-23-22-18(25-19)14-5-7-15(20)8-6-14/h4-10,13H,1-3H3,(H,21,24)/t13-/m0/s1. The maximum atomic E-state index is 13.0. The second-order valence-corrected chi connectivity index (χ2v) is 7.24. The van der Waals surface area contributed by atoms with Gasteiger partial charge in [-0.25, -0.2) is 4.39 Å². The molecule has 1 heterocycles. The minimum absolute atomic E-state index is 0.150. The number of carbonyl (C=O) groups excluding carboxylic acids is 1. The van der Waals surface area contributed by atoms with Gasteiger partial charge in [0.2, 0.25) is 11.8 Å². The summed E-state index contributed by atoms with van der Waals surface area (Å²) in [6.45, 7) is 5.73. The first-order valence-electron chi connectivity index (χ1n) is 8.06. The molecule has 1 atom stereocenters. The molecule has 0 saturated carbocycles. The Morgan fingerprint density at radius 3 is 2.58 bits per heavy atom. The summed E-state index contributed by atoms with van der Waals surface area (Å²) in [5.74, 6) is -0.197. The first kappa shape index (κ1) is 18.1. The second kappa shape index (κ2) is 7.70.